The van der Waals surface area contributed by atoms with E-state index in [1.54, 1.807) is 6.07 Å². The zero-order valence-electron chi connectivity index (χ0n) is 10.7. The molecule has 0 aliphatic carbocycles. The van der Waals surface area contributed by atoms with Gasteiger partial charge < -0.3 is 14.8 Å². The van der Waals surface area contributed by atoms with Crippen molar-refractivity contribution in [3.8, 4) is 0 Å². The molecule has 1 saturated heterocycles. The number of ether oxygens (including phenoxy) is 2. The minimum Gasteiger partial charge on any atom is -0.374 e. The molecule has 3 amide bonds. The van der Waals surface area contributed by atoms with Crippen molar-refractivity contribution in [2.75, 3.05) is 25.1 Å². The topological polar surface area (TPSA) is 67.9 Å². The number of imide groups is 1. The molecule has 1 heterocycles. The lowest BCUT2D eigenvalue weighted by molar-refractivity contribution is -0.151. The van der Waals surface area contributed by atoms with Gasteiger partial charge in [-0.05, 0) is 24.6 Å². The number of benzene rings is 1. The fourth-order valence-corrected chi connectivity index (χ4v) is 1.79. The molecule has 1 atom stereocenters. The second kappa shape index (κ2) is 6.31. The molecule has 0 aromatic heterocycles. The minimum atomic E-state index is -0.670. The highest BCUT2D eigenvalue weighted by Crippen LogP contribution is 2.12. The smallest absolute Gasteiger partial charge is 0.330 e. The largest absolute Gasteiger partial charge is 0.374 e. The lowest BCUT2D eigenvalue weighted by Gasteiger charge is -2.29. The predicted octanol–water partition coefficient (Wildman–Crippen LogP) is 1.36. The summed E-state index contributed by atoms with van der Waals surface area (Å²) in [7, 11) is 0. The average molecular weight is 264 g/mol. The third-order valence-electron chi connectivity index (χ3n) is 2.73. The Hall–Kier alpha value is -1.92. The van der Waals surface area contributed by atoms with Crippen molar-refractivity contribution in [3.63, 3.8) is 0 Å². The van der Waals surface area contributed by atoms with Gasteiger partial charge in [0.15, 0.2) is 6.23 Å². The lowest BCUT2D eigenvalue weighted by Crippen LogP contribution is -2.48. The molecular weight excluding hydrogens is 248 g/mol. The summed E-state index contributed by atoms with van der Waals surface area (Å²) in [5.41, 5.74) is 1.65. The number of carbonyl (C=O) groups is 2. The molecule has 1 aliphatic rings. The minimum absolute atomic E-state index is 0.194. The fourth-order valence-electron chi connectivity index (χ4n) is 1.79. The summed E-state index contributed by atoms with van der Waals surface area (Å²) in [5.74, 6) is 0. The predicted molar refractivity (Wildman–Crippen MR) is 68.7 cm³/mol. The maximum Gasteiger partial charge on any atom is 0.330 e. The first-order chi connectivity index (χ1) is 9.20. The maximum absolute atomic E-state index is 12.0. The zero-order valence-corrected chi connectivity index (χ0v) is 10.7. The molecular formula is C13H16N2O4. The highest BCUT2D eigenvalue weighted by Gasteiger charge is 2.26. The number of hydrogen-bond donors (Lipinski definition) is 1. The Labute approximate surface area is 111 Å². The molecule has 1 aromatic rings. The van der Waals surface area contributed by atoms with Gasteiger partial charge in [-0.25, -0.2) is 9.69 Å². The molecule has 0 spiro atoms. The van der Waals surface area contributed by atoms with Gasteiger partial charge in [0.05, 0.1) is 19.8 Å². The molecule has 1 aliphatic heterocycles. The van der Waals surface area contributed by atoms with Gasteiger partial charge in [-0.3, -0.25) is 4.79 Å². The molecule has 0 saturated carbocycles. The first-order valence-electron chi connectivity index (χ1n) is 6.01. The molecule has 0 radical (unpaired) electrons. The van der Waals surface area contributed by atoms with E-state index in [1.807, 2.05) is 25.1 Å². The molecule has 19 heavy (non-hydrogen) atoms. The van der Waals surface area contributed by atoms with E-state index < -0.39 is 12.3 Å². The van der Waals surface area contributed by atoms with Gasteiger partial charge in [-0.1, -0.05) is 12.1 Å². The summed E-state index contributed by atoms with van der Waals surface area (Å²) in [6.07, 6.45) is -0.221. The Bertz CT molecular complexity index is 458. The molecule has 1 fully saturated rings. The molecule has 6 heteroatoms. The van der Waals surface area contributed by atoms with Crippen LogP contribution in [0.3, 0.4) is 0 Å². The summed E-state index contributed by atoms with van der Waals surface area (Å²) < 4.78 is 10.5. The number of amides is 3. The Morgan fingerprint density at radius 2 is 2.32 bits per heavy atom. The Morgan fingerprint density at radius 1 is 1.47 bits per heavy atom. The first-order valence-corrected chi connectivity index (χ1v) is 6.01. The summed E-state index contributed by atoms with van der Waals surface area (Å²) >= 11 is 0. The van der Waals surface area contributed by atoms with E-state index in [9.17, 15) is 9.59 Å². The van der Waals surface area contributed by atoms with Crippen LogP contribution in [0.15, 0.2) is 24.3 Å². The van der Waals surface area contributed by atoms with Crippen molar-refractivity contribution in [2.45, 2.75) is 13.2 Å². The Morgan fingerprint density at radius 3 is 2.95 bits per heavy atom. The highest BCUT2D eigenvalue weighted by atomic mass is 16.6. The standard InChI is InChI=1S/C13H16N2O4/c1-10-3-2-4-11(7-10)14-13(17)15(9-16)12-8-18-5-6-19-12/h2-4,7,9,12H,5-6,8H2,1H3,(H,14,17). The van der Waals surface area contributed by atoms with Crippen molar-refractivity contribution in [2.24, 2.45) is 0 Å². The van der Waals surface area contributed by atoms with Crippen LogP contribution in [0.2, 0.25) is 0 Å². The van der Waals surface area contributed by atoms with E-state index in [2.05, 4.69) is 5.32 Å². The number of anilines is 1. The van der Waals surface area contributed by atoms with Crippen LogP contribution >= 0.6 is 0 Å². The normalized spacial score (nSPS) is 18.7. The van der Waals surface area contributed by atoms with Crippen molar-refractivity contribution in [3.05, 3.63) is 29.8 Å². The van der Waals surface area contributed by atoms with Gasteiger partial charge in [-0.15, -0.1) is 0 Å². The number of hydrogen-bond acceptors (Lipinski definition) is 4. The van der Waals surface area contributed by atoms with Gasteiger partial charge in [-0.2, -0.15) is 0 Å². The Kier molecular flexibility index (Phi) is 4.48. The monoisotopic (exact) mass is 264 g/mol. The molecule has 0 bridgehead atoms. The van der Waals surface area contributed by atoms with E-state index in [-0.39, 0.29) is 6.61 Å². The molecule has 1 unspecified atom stereocenters. The average Bonchev–Trinajstić information content (AvgIpc) is 2.41. The van der Waals surface area contributed by atoms with E-state index in [0.717, 1.165) is 10.5 Å². The zero-order chi connectivity index (χ0) is 13.7. The number of urea groups is 1. The van der Waals surface area contributed by atoms with Crippen molar-refractivity contribution in [1.29, 1.82) is 0 Å². The van der Waals surface area contributed by atoms with Gasteiger partial charge >= 0.3 is 6.03 Å². The van der Waals surface area contributed by atoms with Crippen LogP contribution in [0.25, 0.3) is 0 Å². The van der Waals surface area contributed by atoms with Gasteiger partial charge in [0.2, 0.25) is 6.41 Å². The number of carbonyl (C=O) groups excluding carboxylic acids is 2. The van der Waals surface area contributed by atoms with Crippen LogP contribution in [0.4, 0.5) is 10.5 Å². The quantitative estimate of drug-likeness (QED) is 0.837. The van der Waals surface area contributed by atoms with E-state index >= 15 is 0 Å². The molecule has 6 nitrogen and oxygen atoms in total. The molecule has 102 valence electrons. The summed E-state index contributed by atoms with van der Waals surface area (Å²) in [4.78, 5) is 24.0. The van der Waals surface area contributed by atoms with Crippen LogP contribution < -0.4 is 5.32 Å². The maximum atomic E-state index is 12.0. The molecule has 1 aromatic carbocycles. The van der Waals surface area contributed by atoms with Crippen molar-refractivity contribution in [1.82, 2.24) is 4.90 Å². The number of rotatable bonds is 3. The molecule has 2 rings (SSSR count). The fraction of sp³-hybridized carbons (Fsp3) is 0.385. The van der Waals surface area contributed by atoms with Crippen LogP contribution in [-0.2, 0) is 14.3 Å². The van der Waals surface area contributed by atoms with Crippen LogP contribution in [0, 0.1) is 6.92 Å². The van der Waals surface area contributed by atoms with Crippen molar-refractivity contribution >= 4 is 18.1 Å². The van der Waals surface area contributed by atoms with Crippen molar-refractivity contribution < 1.29 is 19.1 Å². The van der Waals surface area contributed by atoms with Crippen LogP contribution in [0.1, 0.15) is 5.56 Å². The lowest BCUT2D eigenvalue weighted by atomic mass is 10.2. The number of nitrogens with one attached hydrogen (secondary N) is 1. The summed E-state index contributed by atoms with van der Waals surface area (Å²) in [5, 5.41) is 2.65. The first kappa shape index (κ1) is 13.5. The number of nitrogens with zero attached hydrogens (tertiary/aromatic N) is 1. The second-order valence-electron chi connectivity index (χ2n) is 4.21. The van der Waals surface area contributed by atoms with Gasteiger partial charge in [0.1, 0.15) is 0 Å². The van der Waals surface area contributed by atoms with Crippen LogP contribution in [-0.4, -0.2) is 43.4 Å². The van der Waals surface area contributed by atoms with E-state index in [4.69, 9.17) is 9.47 Å². The Balaban J connectivity index is 2.02. The third kappa shape index (κ3) is 3.52. The third-order valence-corrected chi connectivity index (χ3v) is 2.73. The van der Waals surface area contributed by atoms with Crippen LogP contribution in [0.5, 0.6) is 0 Å². The number of aryl methyl sites for hydroxylation is 1. The molecule has 1 N–H and O–H groups in total. The van der Waals surface area contributed by atoms with E-state index in [1.165, 1.54) is 0 Å². The SMILES string of the molecule is Cc1cccc(NC(=O)N(C=O)C2COCCO2)c1. The van der Waals surface area contributed by atoms with Gasteiger partial charge in [0, 0.05) is 5.69 Å². The van der Waals surface area contributed by atoms with Gasteiger partial charge in [0.25, 0.3) is 0 Å². The second-order valence-corrected chi connectivity index (χ2v) is 4.21. The highest BCUT2D eigenvalue weighted by molar-refractivity contribution is 5.95. The summed E-state index contributed by atoms with van der Waals surface area (Å²) in [6, 6.07) is 6.79. The van der Waals surface area contributed by atoms with E-state index in [0.29, 0.717) is 25.3 Å². The summed E-state index contributed by atoms with van der Waals surface area (Å²) in [6.45, 7) is 2.96.